The summed E-state index contributed by atoms with van der Waals surface area (Å²) in [7, 11) is -8.14. The van der Waals surface area contributed by atoms with E-state index in [4.69, 9.17) is 0 Å². The van der Waals surface area contributed by atoms with Gasteiger partial charge in [-0.3, -0.25) is 0 Å². The summed E-state index contributed by atoms with van der Waals surface area (Å²) in [6.45, 7) is 0. The molecule has 0 saturated heterocycles. The Hall–Kier alpha value is -2.44. The van der Waals surface area contributed by atoms with Crippen molar-refractivity contribution in [3.8, 4) is 0 Å². The molecule has 0 aliphatic heterocycles. The smallest absolute Gasteiger partial charge is 0.199 e. The van der Waals surface area contributed by atoms with E-state index in [2.05, 4.69) is 0 Å². The van der Waals surface area contributed by atoms with Crippen molar-refractivity contribution in [1.82, 2.24) is 0 Å². The Bertz CT molecular complexity index is 1060. The largest absolute Gasteiger partial charge is 0.227 e. The van der Waals surface area contributed by atoms with Crippen LogP contribution in [0.5, 0.6) is 0 Å². The van der Waals surface area contributed by atoms with E-state index in [9.17, 15) is 16.8 Å². The third-order valence-corrected chi connectivity index (χ3v) is 9.03. The first-order valence-electron chi connectivity index (χ1n) is 8.01. The van der Waals surface area contributed by atoms with Gasteiger partial charge in [-0.15, -0.1) is 0 Å². The van der Waals surface area contributed by atoms with Crippen molar-refractivity contribution in [2.45, 2.75) is 15.2 Å². The van der Waals surface area contributed by atoms with Gasteiger partial charge >= 0.3 is 0 Å². The lowest BCUT2D eigenvalue weighted by molar-refractivity contribution is 0.576. The molecule has 3 aromatic rings. The van der Waals surface area contributed by atoms with Gasteiger partial charge in [0.2, 0.25) is 0 Å². The molecule has 26 heavy (non-hydrogen) atoms. The zero-order chi connectivity index (χ0) is 18.6. The van der Waals surface area contributed by atoms with Gasteiger partial charge < -0.3 is 0 Å². The summed E-state index contributed by atoms with van der Waals surface area (Å²) in [5, 5.41) is 0. The van der Waals surface area contributed by atoms with Crippen molar-refractivity contribution in [2.75, 3.05) is 0 Å². The van der Waals surface area contributed by atoms with Crippen LogP contribution in [0, 0.1) is 0 Å². The second kappa shape index (κ2) is 7.43. The van der Waals surface area contributed by atoms with Crippen molar-refractivity contribution in [3.05, 3.63) is 102 Å². The van der Waals surface area contributed by atoms with Crippen LogP contribution in [0.2, 0.25) is 0 Å². The fourth-order valence-electron chi connectivity index (χ4n) is 2.81. The standard InChI is InChI=1S/C20H18O4S2/c21-25(22,16-17-10-4-1-5-11-17)20(18-12-6-2-7-13-18)26(23,24)19-14-8-3-9-15-19/h1-15,20H,16H2. The van der Waals surface area contributed by atoms with Crippen molar-refractivity contribution in [2.24, 2.45) is 0 Å². The quantitative estimate of drug-likeness (QED) is 0.647. The Morgan fingerprint density at radius 2 is 1.08 bits per heavy atom. The molecule has 0 fully saturated rings. The molecule has 0 heterocycles. The van der Waals surface area contributed by atoms with E-state index in [-0.39, 0.29) is 16.2 Å². The van der Waals surface area contributed by atoms with Crippen LogP contribution in [0.4, 0.5) is 0 Å². The molecular formula is C20H18O4S2. The molecule has 0 aromatic heterocycles. The van der Waals surface area contributed by atoms with E-state index in [1.807, 2.05) is 0 Å². The van der Waals surface area contributed by atoms with Crippen LogP contribution in [0.25, 0.3) is 0 Å². The molecule has 134 valence electrons. The summed E-state index contributed by atoms with van der Waals surface area (Å²) < 4.78 is 51.0. The molecule has 4 nitrogen and oxygen atoms in total. The number of sulfone groups is 2. The molecule has 0 aliphatic rings. The lowest BCUT2D eigenvalue weighted by Gasteiger charge is -2.19. The first-order valence-corrected chi connectivity index (χ1v) is 11.3. The third-order valence-electron chi connectivity index (χ3n) is 3.96. The van der Waals surface area contributed by atoms with Crippen LogP contribution in [-0.2, 0) is 25.4 Å². The monoisotopic (exact) mass is 386 g/mol. The number of benzene rings is 3. The van der Waals surface area contributed by atoms with Crippen LogP contribution in [0.1, 0.15) is 15.7 Å². The summed E-state index contributed by atoms with van der Waals surface area (Å²) in [6, 6.07) is 24.4. The van der Waals surface area contributed by atoms with E-state index in [1.54, 1.807) is 66.7 Å². The fraction of sp³-hybridized carbons (Fsp3) is 0.100. The van der Waals surface area contributed by atoms with Crippen LogP contribution in [0.3, 0.4) is 0 Å². The van der Waals surface area contributed by atoms with E-state index in [0.717, 1.165) is 0 Å². The lowest BCUT2D eigenvalue weighted by Crippen LogP contribution is -2.24. The van der Waals surface area contributed by atoms with Gasteiger partial charge in [-0.05, 0) is 23.3 Å². The first kappa shape index (κ1) is 18.4. The molecule has 6 heteroatoms. The van der Waals surface area contributed by atoms with Gasteiger partial charge in [0.05, 0.1) is 10.6 Å². The Balaban J connectivity index is 2.13. The Morgan fingerprint density at radius 1 is 0.615 bits per heavy atom. The van der Waals surface area contributed by atoms with Crippen molar-refractivity contribution in [3.63, 3.8) is 0 Å². The summed E-state index contributed by atoms with van der Waals surface area (Å²) in [5.41, 5.74) is 0.795. The molecule has 0 N–H and O–H groups in total. The minimum absolute atomic E-state index is 0.00881. The van der Waals surface area contributed by atoms with E-state index in [0.29, 0.717) is 5.56 Å². The molecule has 1 unspecified atom stereocenters. The van der Waals surface area contributed by atoms with E-state index in [1.165, 1.54) is 24.3 Å². The molecule has 0 amide bonds. The van der Waals surface area contributed by atoms with Crippen LogP contribution >= 0.6 is 0 Å². The highest BCUT2D eigenvalue weighted by atomic mass is 32.3. The highest BCUT2D eigenvalue weighted by Crippen LogP contribution is 2.35. The first-order chi connectivity index (χ1) is 12.4. The highest BCUT2D eigenvalue weighted by molar-refractivity contribution is 8.08. The number of rotatable bonds is 6. The predicted octanol–water partition coefficient (Wildman–Crippen LogP) is 3.77. The Labute approximate surface area is 154 Å². The minimum atomic E-state index is -4.12. The summed E-state index contributed by atoms with van der Waals surface area (Å²) in [6.07, 6.45) is 0. The molecule has 0 aliphatic carbocycles. The maximum Gasteiger partial charge on any atom is 0.199 e. The maximum absolute atomic E-state index is 13.2. The zero-order valence-electron chi connectivity index (χ0n) is 13.9. The van der Waals surface area contributed by atoms with E-state index < -0.39 is 24.3 Å². The van der Waals surface area contributed by atoms with Crippen molar-refractivity contribution in [1.29, 1.82) is 0 Å². The van der Waals surface area contributed by atoms with E-state index >= 15 is 0 Å². The molecule has 0 saturated carbocycles. The van der Waals surface area contributed by atoms with Gasteiger partial charge in [0, 0.05) is 0 Å². The second-order valence-corrected chi connectivity index (χ2v) is 10.3. The zero-order valence-corrected chi connectivity index (χ0v) is 15.5. The average molecular weight is 386 g/mol. The normalized spacial score (nSPS) is 13.2. The second-order valence-electron chi connectivity index (χ2n) is 5.89. The topological polar surface area (TPSA) is 68.3 Å². The lowest BCUT2D eigenvalue weighted by atomic mass is 10.2. The van der Waals surface area contributed by atoms with Crippen LogP contribution < -0.4 is 0 Å². The van der Waals surface area contributed by atoms with Crippen LogP contribution in [0.15, 0.2) is 95.9 Å². The molecule has 0 radical (unpaired) electrons. The predicted molar refractivity (Wildman–Crippen MR) is 102 cm³/mol. The summed E-state index contributed by atoms with van der Waals surface area (Å²) >= 11 is 0. The fourth-order valence-corrected chi connectivity index (χ4v) is 7.57. The Morgan fingerprint density at radius 3 is 1.62 bits per heavy atom. The molecule has 3 aromatic carbocycles. The van der Waals surface area contributed by atoms with Gasteiger partial charge in [-0.25, -0.2) is 16.8 Å². The highest BCUT2D eigenvalue weighted by Gasteiger charge is 2.40. The third kappa shape index (κ3) is 3.86. The molecular weight excluding hydrogens is 368 g/mol. The van der Waals surface area contributed by atoms with Gasteiger partial charge in [-0.1, -0.05) is 78.9 Å². The van der Waals surface area contributed by atoms with Gasteiger partial charge in [0.15, 0.2) is 24.3 Å². The molecule has 0 bridgehead atoms. The van der Waals surface area contributed by atoms with Crippen molar-refractivity contribution < 1.29 is 16.8 Å². The maximum atomic E-state index is 13.2. The SMILES string of the molecule is O=S(=O)(Cc1ccccc1)C(c1ccccc1)S(=O)(=O)c1ccccc1. The summed E-state index contributed by atoms with van der Waals surface area (Å²) in [4.78, 5) is -0.00881. The molecule has 0 spiro atoms. The Kier molecular flexibility index (Phi) is 5.25. The minimum Gasteiger partial charge on any atom is -0.227 e. The average Bonchev–Trinajstić information content (AvgIpc) is 2.63. The number of hydrogen-bond acceptors (Lipinski definition) is 4. The van der Waals surface area contributed by atoms with Gasteiger partial charge in [0.25, 0.3) is 0 Å². The number of hydrogen-bond donors (Lipinski definition) is 0. The molecule has 1 atom stereocenters. The summed E-state index contributed by atoms with van der Waals surface area (Å²) in [5.74, 6) is -0.348. The van der Waals surface area contributed by atoms with Gasteiger partial charge in [0.1, 0.15) is 0 Å². The van der Waals surface area contributed by atoms with Crippen LogP contribution in [-0.4, -0.2) is 16.8 Å². The van der Waals surface area contributed by atoms with Crippen molar-refractivity contribution >= 4 is 19.7 Å². The molecule has 3 rings (SSSR count). The van der Waals surface area contributed by atoms with Gasteiger partial charge in [-0.2, -0.15) is 0 Å².